The molecule has 0 aliphatic rings. The SMILES string of the molecule is COCCNC(=O)CSc1nnc2c(=O)n(Cc3ccccc3F)ccn12. The summed E-state index contributed by atoms with van der Waals surface area (Å²) < 4.78 is 21.6. The number of benzene rings is 1. The number of carbonyl (C=O) groups is 1. The van der Waals surface area contributed by atoms with Gasteiger partial charge in [-0.2, -0.15) is 0 Å². The normalized spacial score (nSPS) is 11.0. The number of aromatic nitrogens is 4. The Morgan fingerprint density at radius 2 is 2.11 bits per heavy atom. The largest absolute Gasteiger partial charge is 0.383 e. The number of ether oxygens (including phenoxy) is 1. The van der Waals surface area contributed by atoms with E-state index in [4.69, 9.17) is 4.74 Å². The quantitative estimate of drug-likeness (QED) is 0.454. The first-order valence-corrected chi connectivity index (χ1v) is 9.14. The van der Waals surface area contributed by atoms with Crippen molar-refractivity contribution in [1.29, 1.82) is 0 Å². The van der Waals surface area contributed by atoms with Gasteiger partial charge in [-0.1, -0.05) is 30.0 Å². The van der Waals surface area contributed by atoms with E-state index in [1.165, 1.54) is 26.8 Å². The summed E-state index contributed by atoms with van der Waals surface area (Å²) in [6.07, 6.45) is 3.18. The van der Waals surface area contributed by atoms with Crippen molar-refractivity contribution < 1.29 is 13.9 Å². The van der Waals surface area contributed by atoms with E-state index in [9.17, 15) is 14.0 Å². The minimum atomic E-state index is -0.385. The third-order valence-corrected chi connectivity index (χ3v) is 4.71. The first-order chi connectivity index (χ1) is 13.1. The lowest BCUT2D eigenvalue weighted by Crippen LogP contribution is -2.28. The molecule has 27 heavy (non-hydrogen) atoms. The predicted molar refractivity (Wildman–Crippen MR) is 98.4 cm³/mol. The molecule has 0 aliphatic carbocycles. The number of fused-ring (bicyclic) bond motifs is 1. The Morgan fingerprint density at radius 3 is 2.89 bits per heavy atom. The van der Waals surface area contributed by atoms with Crippen LogP contribution in [0.25, 0.3) is 5.65 Å². The fraction of sp³-hybridized carbons (Fsp3) is 0.294. The molecule has 3 aromatic rings. The van der Waals surface area contributed by atoms with Gasteiger partial charge >= 0.3 is 0 Å². The van der Waals surface area contributed by atoms with Crippen LogP contribution in [0.5, 0.6) is 0 Å². The molecule has 0 atom stereocenters. The summed E-state index contributed by atoms with van der Waals surface area (Å²) in [5.74, 6) is -0.397. The second-order valence-electron chi connectivity index (χ2n) is 5.63. The molecule has 2 aromatic heterocycles. The maximum absolute atomic E-state index is 13.8. The fourth-order valence-corrected chi connectivity index (χ4v) is 3.15. The molecule has 0 saturated carbocycles. The van der Waals surface area contributed by atoms with Gasteiger partial charge in [-0.3, -0.25) is 14.0 Å². The standard InChI is InChI=1S/C17H18FN5O3S/c1-26-9-6-19-14(24)11-27-17-21-20-15-16(25)22(7-8-23(15)17)10-12-4-2-3-5-13(12)18/h2-5,7-8H,6,9-11H2,1H3,(H,19,24). The summed E-state index contributed by atoms with van der Waals surface area (Å²) in [6.45, 7) is 0.961. The van der Waals surface area contributed by atoms with Crippen LogP contribution in [-0.2, 0) is 16.1 Å². The minimum Gasteiger partial charge on any atom is -0.383 e. The van der Waals surface area contributed by atoms with E-state index >= 15 is 0 Å². The molecule has 1 amide bonds. The highest BCUT2D eigenvalue weighted by Gasteiger charge is 2.13. The first-order valence-electron chi connectivity index (χ1n) is 8.16. The van der Waals surface area contributed by atoms with Gasteiger partial charge in [0.1, 0.15) is 5.82 Å². The molecule has 0 unspecified atom stereocenters. The first kappa shape index (κ1) is 19.1. The number of carbonyl (C=O) groups excluding carboxylic acids is 1. The van der Waals surface area contributed by atoms with Crippen LogP contribution in [0, 0.1) is 5.82 Å². The molecule has 1 N–H and O–H groups in total. The summed E-state index contributed by atoms with van der Waals surface area (Å²) in [6, 6.07) is 6.28. The lowest BCUT2D eigenvalue weighted by atomic mass is 10.2. The van der Waals surface area contributed by atoms with Crippen molar-refractivity contribution in [2.24, 2.45) is 0 Å². The Balaban J connectivity index is 1.74. The maximum atomic E-state index is 13.8. The van der Waals surface area contributed by atoms with Crippen LogP contribution in [0.15, 0.2) is 46.6 Å². The van der Waals surface area contributed by atoms with Crippen molar-refractivity contribution in [2.45, 2.75) is 11.7 Å². The van der Waals surface area contributed by atoms with Gasteiger partial charge in [0.2, 0.25) is 11.6 Å². The lowest BCUT2D eigenvalue weighted by Gasteiger charge is -2.07. The van der Waals surface area contributed by atoms with Crippen molar-refractivity contribution in [3.63, 3.8) is 0 Å². The van der Waals surface area contributed by atoms with Crippen LogP contribution in [0.4, 0.5) is 4.39 Å². The zero-order valence-electron chi connectivity index (χ0n) is 14.6. The van der Waals surface area contributed by atoms with Gasteiger partial charge in [-0.25, -0.2) is 4.39 Å². The Labute approximate surface area is 158 Å². The molecule has 0 saturated heterocycles. The zero-order chi connectivity index (χ0) is 19.2. The van der Waals surface area contributed by atoms with Gasteiger partial charge < -0.3 is 14.6 Å². The van der Waals surface area contributed by atoms with Gasteiger partial charge in [-0.15, -0.1) is 10.2 Å². The summed E-state index contributed by atoms with van der Waals surface area (Å²) in [5, 5.41) is 11.0. The average molecular weight is 391 g/mol. The summed E-state index contributed by atoms with van der Waals surface area (Å²) in [4.78, 5) is 24.3. The number of nitrogens with one attached hydrogen (secondary N) is 1. The van der Waals surface area contributed by atoms with E-state index in [0.29, 0.717) is 23.9 Å². The van der Waals surface area contributed by atoms with E-state index in [1.807, 2.05) is 0 Å². The molecule has 3 rings (SSSR count). The van der Waals surface area contributed by atoms with E-state index in [0.717, 1.165) is 0 Å². The number of hydrogen-bond donors (Lipinski definition) is 1. The predicted octanol–water partition coefficient (Wildman–Crippen LogP) is 0.933. The van der Waals surface area contributed by atoms with Crippen molar-refractivity contribution >= 4 is 23.3 Å². The highest BCUT2D eigenvalue weighted by atomic mass is 32.2. The molecular formula is C17H18FN5O3S. The van der Waals surface area contributed by atoms with Crippen LogP contribution >= 0.6 is 11.8 Å². The zero-order valence-corrected chi connectivity index (χ0v) is 15.4. The summed E-state index contributed by atoms with van der Waals surface area (Å²) in [7, 11) is 1.56. The molecule has 0 bridgehead atoms. The van der Waals surface area contributed by atoms with Crippen LogP contribution in [0.2, 0.25) is 0 Å². The molecule has 2 heterocycles. The number of methoxy groups -OCH3 is 1. The van der Waals surface area contributed by atoms with Crippen LogP contribution in [-0.4, -0.2) is 51.1 Å². The van der Waals surface area contributed by atoms with E-state index in [1.54, 1.807) is 37.7 Å². The molecule has 8 nitrogen and oxygen atoms in total. The number of thioether (sulfide) groups is 1. The number of halogens is 1. The van der Waals surface area contributed by atoms with Gasteiger partial charge in [0.25, 0.3) is 5.56 Å². The monoisotopic (exact) mass is 391 g/mol. The molecule has 0 aliphatic heterocycles. The van der Waals surface area contributed by atoms with Crippen molar-refractivity contribution in [3.8, 4) is 0 Å². The Hall–Kier alpha value is -2.72. The number of hydrogen-bond acceptors (Lipinski definition) is 6. The Kier molecular flexibility index (Phi) is 6.20. The second-order valence-corrected chi connectivity index (χ2v) is 6.57. The third kappa shape index (κ3) is 4.52. The Bertz CT molecular complexity index is 1000. The van der Waals surface area contributed by atoms with Crippen LogP contribution in [0.3, 0.4) is 0 Å². The van der Waals surface area contributed by atoms with Crippen molar-refractivity contribution in [1.82, 2.24) is 24.5 Å². The van der Waals surface area contributed by atoms with Crippen molar-refractivity contribution in [2.75, 3.05) is 26.0 Å². The average Bonchev–Trinajstić information content (AvgIpc) is 3.08. The highest BCUT2D eigenvalue weighted by molar-refractivity contribution is 7.99. The molecule has 142 valence electrons. The van der Waals surface area contributed by atoms with Gasteiger partial charge in [0.05, 0.1) is 18.9 Å². The van der Waals surface area contributed by atoms with E-state index < -0.39 is 0 Å². The molecule has 0 radical (unpaired) electrons. The van der Waals surface area contributed by atoms with E-state index in [-0.39, 0.29) is 35.2 Å². The Morgan fingerprint density at radius 1 is 1.30 bits per heavy atom. The third-order valence-electron chi connectivity index (χ3n) is 3.77. The molecule has 1 aromatic carbocycles. The number of amides is 1. The molecule has 10 heteroatoms. The van der Waals surface area contributed by atoms with Crippen LogP contribution < -0.4 is 10.9 Å². The smallest absolute Gasteiger partial charge is 0.296 e. The maximum Gasteiger partial charge on any atom is 0.296 e. The van der Waals surface area contributed by atoms with Gasteiger partial charge in [-0.05, 0) is 6.07 Å². The summed E-state index contributed by atoms with van der Waals surface area (Å²) >= 11 is 1.17. The highest BCUT2D eigenvalue weighted by Crippen LogP contribution is 2.15. The lowest BCUT2D eigenvalue weighted by molar-refractivity contribution is -0.118. The minimum absolute atomic E-state index is 0.0965. The molecule has 0 spiro atoms. The second kappa shape index (κ2) is 8.78. The summed E-state index contributed by atoms with van der Waals surface area (Å²) in [5.41, 5.74) is 0.145. The number of rotatable bonds is 8. The van der Waals surface area contributed by atoms with Crippen LogP contribution in [0.1, 0.15) is 5.56 Å². The van der Waals surface area contributed by atoms with Gasteiger partial charge in [0.15, 0.2) is 5.16 Å². The molecule has 0 fully saturated rings. The number of nitrogens with zero attached hydrogens (tertiary/aromatic N) is 4. The fourth-order valence-electron chi connectivity index (χ4n) is 2.41. The molecular weight excluding hydrogens is 373 g/mol. The van der Waals surface area contributed by atoms with Crippen molar-refractivity contribution in [3.05, 3.63) is 58.4 Å². The van der Waals surface area contributed by atoms with Gasteiger partial charge in [0, 0.05) is 31.6 Å². The topological polar surface area (TPSA) is 90.5 Å². The van der Waals surface area contributed by atoms with E-state index in [2.05, 4.69) is 15.5 Å².